The van der Waals surface area contributed by atoms with Crippen molar-refractivity contribution in [3.8, 4) is 11.5 Å². The molecule has 0 fully saturated rings. The van der Waals surface area contributed by atoms with Gasteiger partial charge in [0.2, 0.25) is 0 Å². The Morgan fingerprint density at radius 2 is 1.73 bits per heavy atom. The van der Waals surface area contributed by atoms with E-state index >= 15 is 0 Å². The van der Waals surface area contributed by atoms with E-state index in [0.717, 1.165) is 25.2 Å². The highest BCUT2D eigenvalue weighted by atomic mass is 35.5. The van der Waals surface area contributed by atoms with Crippen LogP contribution in [0.5, 0.6) is 11.5 Å². The SMILES string of the molecule is CCN(CC)Cc1ccc(O)cc1O.Cl. The summed E-state index contributed by atoms with van der Waals surface area (Å²) in [5.74, 6) is 0.266. The van der Waals surface area contributed by atoms with E-state index in [1.165, 1.54) is 6.07 Å². The zero-order valence-electron chi connectivity index (χ0n) is 9.10. The second kappa shape index (κ2) is 6.53. The van der Waals surface area contributed by atoms with E-state index in [9.17, 15) is 5.11 Å². The summed E-state index contributed by atoms with van der Waals surface area (Å²) in [4.78, 5) is 2.20. The third kappa shape index (κ3) is 3.98. The van der Waals surface area contributed by atoms with Crippen LogP contribution in [0, 0.1) is 0 Å². The monoisotopic (exact) mass is 231 g/mol. The van der Waals surface area contributed by atoms with E-state index in [0.29, 0.717) is 0 Å². The van der Waals surface area contributed by atoms with Crippen molar-refractivity contribution >= 4 is 12.4 Å². The van der Waals surface area contributed by atoms with Crippen molar-refractivity contribution in [2.45, 2.75) is 20.4 Å². The van der Waals surface area contributed by atoms with Gasteiger partial charge in [-0.25, -0.2) is 0 Å². The predicted octanol–water partition coefficient (Wildman–Crippen LogP) is 2.36. The Morgan fingerprint density at radius 3 is 2.20 bits per heavy atom. The largest absolute Gasteiger partial charge is 0.508 e. The summed E-state index contributed by atoms with van der Waals surface area (Å²) in [6.07, 6.45) is 0. The summed E-state index contributed by atoms with van der Waals surface area (Å²) in [6, 6.07) is 4.72. The molecule has 1 aromatic rings. The maximum Gasteiger partial charge on any atom is 0.123 e. The number of phenols is 2. The van der Waals surface area contributed by atoms with Gasteiger partial charge < -0.3 is 10.2 Å². The normalized spacial score (nSPS) is 10.1. The Morgan fingerprint density at radius 1 is 1.13 bits per heavy atom. The molecular weight excluding hydrogens is 214 g/mol. The van der Waals surface area contributed by atoms with E-state index in [-0.39, 0.29) is 23.9 Å². The molecule has 86 valence electrons. The molecule has 0 bridgehead atoms. The van der Waals surface area contributed by atoms with Crippen molar-refractivity contribution < 1.29 is 10.2 Å². The van der Waals surface area contributed by atoms with Crippen molar-refractivity contribution in [1.29, 1.82) is 0 Å². The van der Waals surface area contributed by atoms with Crippen LogP contribution < -0.4 is 0 Å². The summed E-state index contributed by atoms with van der Waals surface area (Å²) >= 11 is 0. The van der Waals surface area contributed by atoms with Crippen molar-refractivity contribution in [1.82, 2.24) is 4.90 Å². The summed E-state index contributed by atoms with van der Waals surface area (Å²) in [5, 5.41) is 18.7. The molecule has 1 rings (SSSR count). The molecule has 0 aromatic heterocycles. The van der Waals surface area contributed by atoms with Gasteiger partial charge in [0.1, 0.15) is 11.5 Å². The number of phenolic OH excluding ortho intramolecular Hbond substituents is 2. The molecule has 4 heteroatoms. The molecule has 0 saturated carbocycles. The third-order valence-electron chi connectivity index (χ3n) is 2.36. The highest BCUT2D eigenvalue weighted by Gasteiger charge is 2.05. The first-order chi connectivity index (χ1) is 6.67. The Bertz CT molecular complexity index is 301. The first kappa shape index (κ1) is 14.1. The van der Waals surface area contributed by atoms with Gasteiger partial charge >= 0.3 is 0 Å². The topological polar surface area (TPSA) is 43.7 Å². The fourth-order valence-corrected chi connectivity index (χ4v) is 1.37. The lowest BCUT2D eigenvalue weighted by Crippen LogP contribution is -2.22. The van der Waals surface area contributed by atoms with Gasteiger partial charge in [-0.3, -0.25) is 4.90 Å². The minimum Gasteiger partial charge on any atom is -0.508 e. The van der Waals surface area contributed by atoms with Crippen LogP contribution in [0.3, 0.4) is 0 Å². The van der Waals surface area contributed by atoms with Crippen LogP contribution in [0.1, 0.15) is 19.4 Å². The number of nitrogens with zero attached hydrogens (tertiary/aromatic N) is 1. The van der Waals surface area contributed by atoms with Gasteiger partial charge in [-0.1, -0.05) is 19.9 Å². The maximum atomic E-state index is 9.54. The van der Waals surface area contributed by atoms with Crippen molar-refractivity contribution in [3.05, 3.63) is 23.8 Å². The van der Waals surface area contributed by atoms with Crippen LogP contribution in [0.25, 0.3) is 0 Å². The van der Waals surface area contributed by atoms with E-state index in [2.05, 4.69) is 18.7 Å². The van der Waals surface area contributed by atoms with Crippen LogP contribution >= 0.6 is 12.4 Å². The molecule has 0 atom stereocenters. The molecule has 0 spiro atoms. The van der Waals surface area contributed by atoms with Crippen LogP contribution in [0.2, 0.25) is 0 Å². The molecule has 1 aromatic carbocycles. The number of rotatable bonds is 4. The molecule has 3 nitrogen and oxygen atoms in total. The lowest BCUT2D eigenvalue weighted by atomic mass is 10.2. The summed E-state index contributed by atoms with van der Waals surface area (Å²) in [6.45, 7) is 6.80. The van der Waals surface area contributed by atoms with E-state index in [1.54, 1.807) is 12.1 Å². The molecule has 2 N–H and O–H groups in total. The zero-order valence-corrected chi connectivity index (χ0v) is 9.92. The van der Waals surface area contributed by atoms with Crippen LogP contribution in [-0.4, -0.2) is 28.2 Å². The Hall–Kier alpha value is -0.930. The van der Waals surface area contributed by atoms with Crippen LogP contribution in [-0.2, 0) is 6.54 Å². The van der Waals surface area contributed by atoms with E-state index < -0.39 is 0 Å². The van der Waals surface area contributed by atoms with Gasteiger partial charge in [0.15, 0.2) is 0 Å². The zero-order chi connectivity index (χ0) is 10.6. The van der Waals surface area contributed by atoms with Crippen molar-refractivity contribution in [3.63, 3.8) is 0 Å². The third-order valence-corrected chi connectivity index (χ3v) is 2.36. The van der Waals surface area contributed by atoms with Gasteiger partial charge in [-0.15, -0.1) is 12.4 Å². The number of aromatic hydroxyl groups is 2. The van der Waals surface area contributed by atoms with E-state index in [4.69, 9.17) is 5.11 Å². The predicted molar refractivity (Wildman–Crippen MR) is 63.6 cm³/mol. The fourth-order valence-electron chi connectivity index (χ4n) is 1.37. The summed E-state index contributed by atoms with van der Waals surface area (Å²) in [7, 11) is 0. The molecule has 0 amide bonds. The maximum absolute atomic E-state index is 9.54. The Labute approximate surface area is 96.8 Å². The summed E-state index contributed by atoms with van der Waals surface area (Å²) in [5.41, 5.74) is 0.853. The number of halogens is 1. The molecule has 0 aliphatic carbocycles. The molecule has 0 aliphatic heterocycles. The standard InChI is InChI=1S/C11H17NO2.ClH/c1-3-12(4-2)8-9-5-6-10(13)7-11(9)14;/h5-7,13-14H,3-4,8H2,1-2H3;1H. The molecule has 0 heterocycles. The molecule has 0 unspecified atom stereocenters. The van der Waals surface area contributed by atoms with Crippen molar-refractivity contribution in [2.75, 3.05) is 13.1 Å². The van der Waals surface area contributed by atoms with Gasteiger partial charge in [0.05, 0.1) is 0 Å². The first-order valence-electron chi connectivity index (χ1n) is 4.90. The average Bonchev–Trinajstić information content (AvgIpc) is 2.17. The Kier molecular flexibility index (Phi) is 6.13. The van der Waals surface area contributed by atoms with Crippen LogP contribution in [0.15, 0.2) is 18.2 Å². The molecule has 0 saturated heterocycles. The number of benzene rings is 1. The van der Waals surface area contributed by atoms with Crippen molar-refractivity contribution in [2.24, 2.45) is 0 Å². The van der Waals surface area contributed by atoms with Gasteiger partial charge in [0, 0.05) is 18.2 Å². The number of hydrogen-bond donors (Lipinski definition) is 2. The van der Waals surface area contributed by atoms with Crippen LogP contribution in [0.4, 0.5) is 0 Å². The average molecular weight is 232 g/mol. The minimum atomic E-state index is 0. The van der Waals surface area contributed by atoms with Gasteiger partial charge in [-0.05, 0) is 19.2 Å². The Balaban J connectivity index is 0.00000196. The van der Waals surface area contributed by atoms with E-state index in [1.807, 2.05) is 0 Å². The lowest BCUT2D eigenvalue weighted by Gasteiger charge is -2.18. The quantitative estimate of drug-likeness (QED) is 0.836. The molecule has 0 radical (unpaired) electrons. The minimum absolute atomic E-state index is 0. The lowest BCUT2D eigenvalue weighted by molar-refractivity contribution is 0.290. The first-order valence-corrected chi connectivity index (χ1v) is 4.90. The number of hydrogen-bond acceptors (Lipinski definition) is 3. The highest BCUT2D eigenvalue weighted by Crippen LogP contribution is 2.23. The van der Waals surface area contributed by atoms with Gasteiger partial charge in [-0.2, -0.15) is 0 Å². The highest BCUT2D eigenvalue weighted by molar-refractivity contribution is 5.85. The summed E-state index contributed by atoms with van der Waals surface area (Å²) < 4.78 is 0. The fraction of sp³-hybridized carbons (Fsp3) is 0.455. The van der Waals surface area contributed by atoms with Gasteiger partial charge in [0.25, 0.3) is 0 Å². The molecule has 15 heavy (non-hydrogen) atoms. The second-order valence-electron chi connectivity index (χ2n) is 3.27. The molecule has 0 aliphatic rings. The second-order valence-corrected chi connectivity index (χ2v) is 3.27. The smallest absolute Gasteiger partial charge is 0.123 e. The molecular formula is C11H18ClNO2.